The third-order valence-electron chi connectivity index (χ3n) is 4.44. The molecule has 2 saturated heterocycles. The van der Waals surface area contributed by atoms with Crippen LogP contribution in [0.5, 0.6) is 0 Å². The molecule has 0 aromatic rings. The molecular weight excluding hydrogens is 244 g/mol. The highest BCUT2D eigenvalue weighted by atomic mass is 16.4. The van der Waals surface area contributed by atoms with E-state index in [1.807, 2.05) is 0 Å². The van der Waals surface area contributed by atoms with Gasteiger partial charge in [-0.3, -0.25) is 14.5 Å². The van der Waals surface area contributed by atoms with Crippen molar-refractivity contribution in [1.29, 1.82) is 0 Å². The lowest BCUT2D eigenvalue weighted by molar-refractivity contribution is -0.141. The lowest BCUT2D eigenvalue weighted by Crippen LogP contribution is -2.44. The lowest BCUT2D eigenvalue weighted by atomic mass is 10.0. The van der Waals surface area contributed by atoms with Crippen molar-refractivity contribution >= 4 is 11.9 Å². The van der Waals surface area contributed by atoms with Crippen molar-refractivity contribution < 1.29 is 14.7 Å². The molecule has 0 aliphatic carbocycles. The summed E-state index contributed by atoms with van der Waals surface area (Å²) in [7, 11) is 0. The predicted molar refractivity (Wildman–Crippen MR) is 71.8 cm³/mol. The molecule has 0 aromatic heterocycles. The molecule has 2 unspecified atom stereocenters. The van der Waals surface area contributed by atoms with Gasteiger partial charge in [0.15, 0.2) is 0 Å². The number of rotatable bonds is 5. The average molecular weight is 268 g/mol. The highest BCUT2D eigenvalue weighted by molar-refractivity contribution is 5.86. The van der Waals surface area contributed by atoms with Crippen LogP contribution >= 0.6 is 0 Å². The maximum absolute atomic E-state index is 11.8. The Morgan fingerprint density at radius 1 is 1.37 bits per heavy atom. The van der Waals surface area contributed by atoms with E-state index in [1.165, 1.54) is 19.3 Å². The van der Waals surface area contributed by atoms with E-state index in [9.17, 15) is 9.59 Å². The van der Waals surface area contributed by atoms with Gasteiger partial charge in [-0.05, 0) is 25.8 Å². The van der Waals surface area contributed by atoms with E-state index >= 15 is 0 Å². The van der Waals surface area contributed by atoms with Crippen LogP contribution in [-0.2, 0) is 9.59 Å². The van der Waals surface area contributed by atoms with Crippen molar-refractivity contribution in [1.82, 2.24) is 9.80 Å². The fourth-order valence-corrected chi connectivity index (χ4v) is 3.22. The summed E-state index contributed by atoms with van der Waals surface area (Å²) in [5.41, 5.74) is 0. The van der Waals surface area contributed by atoms with Gasteiger partial charge in [-0.25, -0.2) is 0 Å². The molecule has 5 nitrogen and oxygen atoms in total. The van der Waals surface area contributed by atoms with Gasteiger partial charge in [-0.15, -0.1) is 0 Å². The minimum absolute atomic E-state index is 0.00235. The van der Waals surface area contributed by atoms with Gasteiger partial charge in [0.25, 0.3) is 0 Å². The molecule has 0 radical (unpaired) electrons. The third kappa shape index (κ3) is 3.47. The standard InChI is InChI=1S/C14H24N2O3/c1-2-12-5-3-4-6-15(12)7-8-16-10-11(14(18)19)9-13(16)17/h11-12H,2-10H2,1H3,(H,18,19). The van der Waals surface area contributed by atoms with Gasteiger partial charge in [0.2, 0.25) is 5.91 Å². The SMILES string of the molecule is CCC1CCCCN1CCN1CC(C(=O)O)CC1=O. The number of hydrogen-bond donors (Lipinski definition) is 1. The number of amides is 1. The van der Waals surface area contributed by atoms with Gasteiger partial charge in [0, 0.05) is 32.1 Å². The van der Waals surface area contributed by atoms with Crippen molar-refractivity contribution in [2.45, 2.75) is 45.1 Å². The topological polar surface area (TPSA) is 60.9 Å². The van der Waals surface area contributed by atoms with Gasteiger partial charge < -0.3 is 10.0 Å². The highest BCUT2D eigenvalue weighted by Gasteiger charge is 2.34. The average Bonchev–Trinajstić information content (AvgIpc) is 2.78. The van der Waals surface area contributed by atoms with E-state index in [0.717, 1.165) is 19.5 Å². The summed E-state index contributed by atoms with van der Waals surface area (Å²) in [5, 5.41) is 8.96. The quantitative estimate of drug-likeness (QED) is 0.813. The Bertz CT molecular complexity index is 346. The first-order chi connectivity index (χ1) is 9.11. The largest absolute Gasteiger partial charge is 0.481 e. The Morgan fingerprint density at radius 3 is 2.79 bits per heavy atom. The molecule has 5 heteroatoms. The maximum atomic E-state index is 11.8. The number of hydrogen-bond acceptors (Lipinski definition) is 3. The van der Waals surface area contributed by atoms with Crippen LogP contribution in [0.3, 0.4) is 0 Å². The second-order valence-electron chi connectivity index (χ2n) is 5.67. The van der Waals surface area contributed by atoms with E-state index in [2.05, 4.69) is 11.8 Å². The van der Waals surface area contributed by atoms with Crippen molar-refractivity contribution in [3.63, 3.8) is 0 Å². The van der Waals surface area contributed by atoms with Crippen molar-refractivity contribution in [3.8, 4) is 0 Å². The smallest absolute Gasteiger partial charge is 0.308 e. The fraction of sp³-hybridized carbons (Fsp3) is 0.857. The second-order valence-corrected chi connectivity index (χ2v) is 5.67. The van der Waals surface area contributed by atoms with Gasteiger partial charge in [0.1, 0.15) is 0 Å². The summed E-state index contributed by atoms with van der Waals surface area (Å²) >= 11 is 0. The summed E-state index contributed by atoms with van der Waals surface area (Å²) in [6, 6.07) is 0.640. The molecule has 0 saturated carbocycles. The Balaban J connectivity index is 1.81. The number of carboxylic acid groups (broad SMARTS) is 1. The van der Waals surface area contributed by atoms with Crippen LogP contribution in [-0.4, -0.2) is 59.0 Å². The number of carbonyl (C=O) groups excluding carboxylic acids is 1. The van der Waals surface area contributed by atoms with Crippen LogP contribution in [0.2, 0.25) is 0 Å². The predicted octanol–water partition coefficient (Wildman–Crippen LogP) is 1.18. The Hall–Kier alpha value is -1.10. The normalized spacial score (nSPS) is 28.9. The molecule has 1 N–H and O–H groups in total. The fourth-order valence-electron chi connectivity index (χ4n) is 3.22. The molecule has 2 atom stereocenters. The first kappa shape index (κ1) is 14.3. The Kier molecular flexibility index (Phi) is 4.80. The molecular formula is C14H24N2O3. The monoisotopic (exact) mass is 268 g/mol. The molecule has 1 amide bonds. The Morgan fingerprint density at radius 2 is 2.16 bits per heavy atom. The first-order valence-electron chi connectivity index (χ1n) is 7.36. The maximum Gasteiger partial charge on any atom is 0.308 e. The molecule has 0 bridgehead atoms. The number of carbonyl (C=O) groups is 2. The first-order valence-corrected chi connectivity index (χ1v) is 7.36. The summed E-state index contributed by atoms with van der Waals surface area (Å²) in [6.45, 7) is 5.28. The third-order valence-corrected chi connectivity index (χ3v) is 4.44. The molecule has 0 spiro atoms. The molecule has 2 aliphatic heterocycles. The van der Waals surface area contributed by atoms with E-state index in [1.54, 1.807) is 4.90 Å². The van der Waals surface area contributed by atoms with Crippen LogP contribution in [0.1, 0.15) is 39.0 Å². The summed E-state index contributed by atoms with van der Waals surface area (Å²) in [4.78, 5) is 26.9. The minimum Gasteiger partial charge on any atom is -0.481 e. The molecule has 2 heterocycles. The zero-order chi connectivity index (χ0) is 13.8. The zero-order valence-corrected chi connectivity index (χ0v) is 11.7. The van der Waals surface area contributed by atoms with E-state index in [0.29, 0.717) is 19.1 Å². The lowest BCUT2D eigenvalue weighted by Gasteiger charge is -2.36. The number of carboxylic acids is 1. The molecule has 19 heavy (non-hydrogen) atoms. The van der Waals surface area contributed by atoms with Gasteiger partial charge in [-0.2, -0.15) is 0 Å². The summed E-state index contributed by atoms with van der Waals surface area (Å²) in [5.74, 6) is -1.35. The van der Waals surface area contributed by atoms with E-state index in [4.69, 9.17) is 5.11 Å². The van der Waals surface area contributed by atoms with Gasteiger partial charge in [0.05, 0.1) is 5.92 Å². The summed E-state index contributed by atoms with van der Waals surface area (Å²) < 4.78 is 0. The van der Waals surface area contributed by atoms with Crippen LogP contribution in [0, 0.1) is 5.92 Å². The van der Waals surface area contributed by atoms with Crippen LogP contribution in [0.4, 0.5) is 0 Å². The number of nitrogens with zero attached hydrogens (tertiary/aromatic N) is 2. The number of aliphatic carboxylic acids is 1. The van der Waals surface area contributed by atoms with E-state index in [-0.39, 0.29) is 12.3 Å². The van der Waals surface area contributed by atoms with Crippen molar-refractivity contribution in [3.05, 3.63) is 0 Å². The molecule has 0 aromatic carbocycles. The van der Waals surface area contributed by atoms with Gasteiger partial charge in [-0.1, -0.05) is 13.3 Å². The molecule has 2 fully saturated rings. The van der Waals surface area contributed by atoms with Crippen LogP contribution < -0.4 is 0 Å². The molecule has 108 valence electrons. The summed E-state index contributed by atoms with van der Waals surface area (Å²) in [6.07, 6.45) is 5.13. The van der Waals surface area contributed by atoms with Gasteiger partial charge >= 0.3 is 5.97 Å². The van der Waals surface area contributed by atoms with Crippen molar-refractivity contribution in [2.75, 3.05) is 26.2 Å². The second kappa shape index (κ2) is 6.37. The Labute approximate surface area is 114 Å². The minimum atomic E-state index is -0.847. The zero-order valence-electron chi connectivity index (χ0n) is 11.7. The van der Waals surface area contributed by atoms with Crippen molar-refractivity contribution in [2.24, 2.45) is 5.92 Å². The number of piperidine rings is 1. The highest BCUT2D eigenvalue weighted by Crippen LogP contribution is 2.21. The van der Waals surface area contributed by atoms with E-state index < -0.39 is 11.9 Å². The van der Waals surface area contributed by atoms with Crippen LogP contribution in [0.25, 0.3) is 0 Å². The molecule has 2 rings (SSSR count). The molecule has 2 aliphatic rings. The number of likely N-dealkylation sites (tertiary alicyclic amines) is 2. The van der Waals surface area contributed by atoms with Crippen LogP contribution in [0.15, 0.2) is 0 Å².